The van der Waals surface area contributed by atoms with E-state index in [-0.39, 0.29) is 36.7 Å². The van der Waals surface area contributed by atoms with Crippen molar-refractivity contribution in [2.45, 2.75) is 20.0 Å². The van der Waals surface area contributed by atoms with Gasteiger partial charge in [0.2, 0.25) is 5.91 Å². The number of aromatic nitrogens is 4. The highest BCUT2D eigenvalue weighted by Gasteiger charge is 2.07. The van der Waals surface area contributed by atoms with Crippen molar-refractivity contribution in [3.8, 4) is 11.3 Å². The summed E-state index contributed by atoms with van der Waals surface area (Å²) in [6, 6.07) is 11.5. The third-order valence-corrected chi connectivity index (χ3v) is 4.23. The normalized spacial score (nSPS) is 10.6. The summed E-state index contributed by atoms with van der Waals surface area (Å²) in [5.41, 5.74) is 1.48. The zero-order chi connectivity index (χ0) is 20.1. The number of nitrogens with one attached hydrogen (secondary N) is 1. The van der Waals surface area contributed by atoms with Crippen molar-refractivity contribution >= 4 is 17.5 Å². The van der Waals surface area contributed by atoms with Crippen LogP contribution in [0.1, 0.15) is 5.69 Å². The zero-order valence-electron chi connectivity index (χ0n) is 15.1. The highest BCUT2D eigenvalue weighted by molar-refractivity contribution is 6.30. The molecule has 0 aliphatic heterocycles. The maximum absolute atomic E-state index is 12.0. The van der Waals surface area contributed by atoms with Gasteiger partial charge in [-0.25, -0.2) is 9.67 Å². The van der Waals surface area contributed by atoms with E-state index in [1.807, 2.05) is 12.1 Å². The van der Waals surface area contributed by atoms with Crippen molar-refractivity contribution in [3.63, 3.8) is 0 Å². The van der Waals surface area contributed by atoms with E-state index in [2.05, 4.69) is 15.4 Å². The summed E-state index contributed by atoms with van der Waals surface area (Å²) in [7, 11) is 0. The fourth-order valence-electron chi connectivity index (χ4n) is 2.53. The lowest BCUT2D eigenvalue weighted by Gasteiger charge is -2.09. The van der Waals surface area contributed by atoms with Crippen LogP contribution in [-0.4, -0.2) is 31.8 Å². The molecular formula is C19H18ClN5O3. The van der Waals surface area contributed by atoms with Gasteiger partial charge in [0.25, 0.3) is 11.1 Å². The van der Waals surface area contributed by atoms with Crippen LogP contribution in [0.2, 0.25) is 5.02 Å². The number of hydrogen-bond donors (Lipinski definition) is 1. The van der Waals surface area contributed by atoms with Gasteiger partial charge in [-0.05, 0) is 25.1 Å². The van der Waals surface area contributed by atoms with Crippen LogP contribution >= 0.6 is 11.6 Å². The summed E-state index contributed by atoms with van der Waals surface area (Å²) in [5.74, 6) is -0.352. The molecule has 0 aliphatic carbocycles. The average molecular weight is 400 g/mol. The topological polar surface area (TPSA) is 98.9 Å². The summed E-state index contributed by atoms with van der Waals surface area (Å²) in [4.78, 5) is 39.8. The van der Waals surface area contributed by atoms with Crippen LogP contribution in [0.5, 0.6) is 0 Å². The van der Waals surface area contributed by atoms with Gasteiger partial charge in [0.15, 0.2) is 0 Å². The second-order valence-electron chi connectivity index (χ2n) is 6.13. The average Bonchev–Trinajstić information content (AvgIpc) is 2.66. The Kier molecular flexibility index (Phi) is 6.00. The van der Waals surface area contributed by atoms with Crippen LogP contribution in [0.25, 0.3) is 11.3 Å². The van der Waals surface area contributed by atoms with Crippen molar-refractivity contribution in [2.75, 3.05) is 6.54 Å². The fourth-order valence-corrected chi connectivity index (χ4v) is 2.66. The highest BCUT2D eigenvalue weighted by Crippen LogP contribution is 2.18. The molecule has 9 heteroatoms. The van der Waals surface area contributed by atoms with Crippen molar-refractivity contribution in [2.24, 2.45) is 0 Å². The third-order valence-electron chi connectivity index (χ3n) is 3.98. The van der Waals surface area contributed by atoms with E-state index >= 15 is 0 Å². The number of benzene rings is 1. The number of aryl methyl sites for hydroxylation is 1. The highest BCUT2D eigenvalue weighted by atomic mass is 35.5. The quantitative estimate of drug-likeness (QED) is 0.672. The molecule has 2 heterocycles. The largest absolute Gasteiger partial charge is 0.353 e. The van der Waals surface area contributed by atoms with E-state index in [1.165, 1.54) is 27.7 Å². The van der Waals surface area contributed by atoms with E-state index in [9.17, 15) is 14.4 Å². The molecule has 144 valence electrons. The summed E-state index contributed by atoms with van der Waals surface area (Å²) < 4.78 is 2.50. The van der Waals surface area contributed by atoms with Crippen molar-refractivity contribution in [1.29, 1.82) is 0 Å². The summed E-state index contributed by atoms with van der Waals surface area (Å²) in [6.07, 6.45) is 1.33. The van der Waals surface area contributed by atoms with Gasteiger partial charge < -0.3 is 5.32 Å². The minimum Gasteiger partial charge on any atom is -0.353 e. The Bertz CT molecular complexity index is 1110. The van der Waals surface area contributed by atoms with Crippen LogP contribution < -0.4 is 16.4 Å². The van der Waals surface area contributed by atoms with Gasteiger partial charge in [-0.3, -0.25) is 19.0 Å². The predicted molar refractivity (Wildman–Crippen MR) is 105 cm³/mol. The van der Waals surface area contributed by atoms with Gasteiger partial charge in [0.1, 0.15) is 6.54 Å². The first-order valence-electron chi connectivity index (χ1n) is 8.56. The van der Waals surface area contributed by atoms with Crippen LogP contribution in [0.4, 0.5) is 0 Å². The number of nitrogens with zero attached hydrogens (tertiary/aromatic N) is 4. The number of rotatable bonds is 6. The second-order valence-corrected chi connectivity index (χ2v) is 6.57. The fraction of sp³-hybridized carbons (Fsp3) is 0.211. The van der Waals surface area contributed by atoms with E-state index in [1.54, 1.807) is 25.1 Å². The molecular weight excluding hydrogens is 382 g/mol. The molecule has 0 saturated heterocycles. The molecule has 28 heavy (non-hydrogen) atoms. The number of carbonyl (C=O) groups excluding carboxylic acids is 1. The van der Waals surface area contributed by atoms with Gasteiger partial charge in [-0.15, -0.1) is 0 Å². The standard InChI is InChI=1S/C19H18ClN5O3/c1-13-10-19(28)24(12-22-13)11-17(26)21-8-9-25-18(27)7-6-16(23-25)14-2-4-15(20)5-3-14/h2-7,10,12H,8-9,11H2,1H3,(H,21,26). The summed E-state index contributed by atoms with van der Waals surface area (Å²) >= 11 is 5.89. The first-order chi connectivity index (χ1) is 13.4. The molecule has 0 unspecified atom stereocenters. The van der Waals surface area contributed by atoms with Gasteiger partial charge in [0.05, 0.1) is 18.6 Å². The lowest BCUT2D eigenvalue weighted by Crippen LogP contribution is -2.35. The van der Waals surface area contributed by atoms with E-state index in [0.29, 0.717) is 16.4 Å². The first-order valence-corrected chi connectivity index (χ1v) is 8.94. The van der Waals surface area contributed by atoms with Crippen molar-refractivity contribution in [3.05, 3.63) is 80.2 Å². The van der Waals surface area contributed by atoms with E-state index < -0.39 is 0 Å². The number of halogens is 1. The third kappa shape index (κ3) is 4.92. The Morgan fingerprint density at radius 2 is 1.86 bits per heavy atom. The van der Waals surface area contributed by atoms with Gasteiger partial charge >= 0.3 is 0 Å². The summed E-state index contributed by atoms with van der Waals surface area (Å²) in [5, 5.41) is 7.61. The Hall–Kier alpha value is -3.26. The molecule has 0 bridgehead atoms. The minimum absolute atomic E-state index is 0.140. The molecule has 3 rings (SSSR count). The van der Waals surface area contributed by atoms with Crippen LogP contribution in [0.3, 0.4) is 0 Å². The monoisotopic (exact) mass is 399 g/mol. The van der Waals surface area contributed by atoms with Gasteiger partial charge in [-0.2, -0.15) is 5.10 Å². The van der Waals surface area contributed by atoms with Gasteiger partial charge in [-0.1, -0.05) is 23.7 Å². The molecule has 1 N–H and O–H groups in total. The van der Waals surface area contributed by atoms with Gasteiger partial charge in [0, 0.05) is 35.0 Å². The summed E-state index contributed by atoms with van der Waals surface area (Å²) in [6.45, 7) is 1.96. The Morgan fingerprint density at radius 3 is 2.57 bits per heavy atom. The lowest BCUT2D eigenvalue weighted by molar-refractivity contribution is -0.121. The Morgan fingerprint density at radius 1 is 1.11 bits per heavy atom. The molecule has 1 aromatic carbocycles. The van der Waals surface area contributed by atoms with Crippen LogP contribution in [0, 0.1) is 6.92 Å². The molecule has 3 aromatic rings. The first kappa shape index (κ1) is 19.5. The Balaban J connectivity index is 1.62. The number of amides is 1. The molecule has 0 aliphatic rings. The molecule has 8 nitrogen and oxygen atoms in total. The maximum atomic E-state index is 12.0. The molecule has 0 fully saturated rings. The van der Waals surface area contributed by atoms with E-state index in [4.69, 9.17) is 11.6 Å². The molecule has 0 radical (unpaired) electrons. The van der Waals surface area contributed by atoms with Crippen LogP contribution in [-0.2, 0) is 17.9 Å². The number of carbonyl (C=O) groups is 1. The second kappa shape index (κ2) is 8.62. The van der Waals surface area contributed by atoms with E-state index in [0.717, 1.165) is 5.56 Å². The van der Waals surface area contributed by atoms with Crippen LogP contribution in [0.15, 0.2) is 58.4 Å². The van der Waals surface area contributed by atoms with Crippen molar-refractivity contribution in [1.82, 2.24) is 24.6 Å². The Labute approximate surface area is 165 Å². The maximum Gasteiger partial charge on any atom is 0.266 e. The van der Waals surface area contributed by atoms with Crippen molar-refractivity contribution < 1.29 is 4.79 Å². The number of hydrogen-bond acceptors (Lipinski definition) is 5. The molecule has 2 aromatic heterocycles. The molecule has 1 amide bonds. The molecule has 0 saturated carbocycles. The molecule has 0 atom stereocenters. The lowest BCUT2D eigenvalue weighted by atomic mass is 10.1. The smallest absolute Gasteiger partial charge is 0.266 e. The molecule has 0 spiro atoms. The zero-order valence-corrected chi connectivity index (χ0v) is 15.9. The SMILES string of the molecule is Cc1cc(=O)n(CC(=O)NCCn2nc(-c3ccc(Cl)cc3)ccc2=O)cn1. The minimum atomic E-state index is -0.352. The predicted octanol–water partition coefficient (Wildman–Crippen LogP) is 1.25.